The third kappa shape index (κ3) is 3.50. The van der Waals surface area contributed by atoms with E-state index in [0.717, 1.165) is 42.8 Å². The molecule has 0 bridgehead atoms. The van der Waals surface area contributed by atoms with Crippen molar-refractivity contribution in [3.63, 3.8) is 0 Å². The molecular weight excluding hydrogens is 308 g/mol. The molecule has 0 aromatic rings. The fourth-order valence-corrected chi connectivity index (χ4v) is 6.48. The summed E-state index contributed by atoms with van der Waals surface area (Å²) < 4.78 is 0. The lowest BCUT2D eigenvalue weighted by Crippen LogP contribution is -2.67. The molecule has 0 aromatic carbocycles. The summed E-state index contributed by atoms with van der Waals surface area (Å²) in [4.78, 5) is 16.2. The topological polar surface area (TPSA) is 23.6 Å². The predicted octanol–water partition coefficient (Wildman–Crippen LogP) is 4.17. The lowest BCUT2D eigenvalue weighted by Gasteiger charge is -2.61. The van der Waals surface area contributed by atoms with Gasteiger partial charge >= 0.3 is 0 Å². The van der Waals surface area contributed by atoms with Gasteiger partial charge < -0.3 is 9.80 Å². The van der Waals surface area contributed by atoms with E-state index in [0.29, 0.717) is 5.41 Å². The first-order valence-electron chi connectivity index (χ1n) is 11.0. The highest BCUT2D eigenvalue weighted by Gasteiger charge is 2.54. The van der Waals surface area contributed by atoms with Crippen LogP contribution in [0.3, 0.4) is 0 Å². The van der Waals surface area contributed by atoms with Crippen molar-refractivity contribution in [2.24, 2.45) is 29.1 Å². The van der Waals surface area contributed by atoms with Gasteiger partial charge in [-0.1, -0.05) is 13.8 Å². The fraction of sp³-hybridized carbons (Fsp3) is 0.955. The van der Waals surface area contributed by atoms with Crippen molar-refractivity contribution < 1.29 is 4.79 Å². The number of amides is 1. The van der Waals surface area contributed by atoms with E-state index in [-0.39, 0.29) is 5.91 Å². The molecule has 0 N–H and O–H groups in total. The largest absolute Gasteiger partial charge is 0.342 e. The normalized spacial score (nSPS) is 34.2. The van der Waals surface area contributed by atoms with Crippen molar-refractivity contribution in [1.82, 2.24) is 9.80 Å². The average Bonchev–Trinajstić information content (AvgIpc) is 2.52. The molecular formula is C22H38N2O. The SMILES string of the molecule is CC(=O)N1CC2(CC(N3CCC(C4CCC(C(C)C)CC4)CC3)C2)C1. The van der Waals surface area contributed by atoms with Crippen molar-refractivity contribution in [2.75, 3.05) is 26.2 Å². The zero-order valence-electron chi connectivity index (χ0n) is 16.7. The van der Waals surface area contributed by atoms with Crippen molar-refractivity contribution in [3.8, 4) is 0 Å². The number of piperidine rings is 1. The quantitative estimate of drug-likeness (QED) is 0.765. The molecule has 0 aromatic heterocycles. The number of carbonyl (C=O) groups excluding carboxylic acids is 1. The van der Waals surface area contributed by atoms with Gasteiger partial charge in [-0.2, -0.15) is 0 Å². The number of hydrogen-bond donors (Lipinski definition) is 0. The molecule has 0 unspecified atom stereocenters. The zero-order valence-corrected chi connectivity index (χ0v) is 16.7. The molecule has 2 aliphatic carbocycles. The Hall–Kier alpha value is -0.570. The molecule has 3 heteroatoms. The minimum atomic E-state index is 0.266. The first kappa shape index (κ1) is 17.8. The molecule has 4 rings (SSSR count). The summed E-state index contributed by atoms with van der Waals surface area (Å²) in [6, 6.07) is 0.826. The maximum atomic E-state index is 11.4. The van der Waals surface area contributed by atoms with Crippen LogP contribution in [0.2, 0.25) is 0 Å². The number of carbonyl (C=O) groups is 1. The van der Waals surface area contributed by atoms with Crippen LogP contribution in [0.1, 0.15) is 72.1 Å². The molecule has 2 heterocycles. The van der Waals surface area contributed by atoms with Crippen molar-refractivity contribution in [1.29, 1.82) is 0 Å². The molecule has 2 aliphatic heterocycles. The maximum absolute atomic E-state index is 11.4. The van der Waals surface area contributed by atoms with Crippen LogP contribution in [0.5, 0.6) is 0 Å². The summed E-state index contributed by atoms with van der Waals surface area (Å²) in [6.07, 6.45) is 11.6. The predicted molar refractivity (Wildman–Crippen MR) is 102 cm³/mol. The van der Waals surface area contributed by atoms with E-state index in [9.17, 15) is 4.79 Å². The summed E-state index contributed by atoms with van der Waals surface area (Å²) in [5.41, 5.74) is 0.516. The molecule has 3 nitrogen and oxygen atoms in total. The van der Waals surface area contributed by atoms with E-state index >= 15 is 0 Å². The molecule has 4 fully saturated rings. The van der Waals surface area contributed by atoms with Crippen molar-refractivity contribution in [2.45, 2.75) is 78.2 Å². The second kappa shape index (κ2) is 6.87. The van der Waals surface area contributed by atoms with Crippen LogP contribution in [0.4, 0.5) is 0 Å². The Kier molecular flexibility index (Phi) is 4.90. The smallest absolute Gasteiger partial charge is 0.219 e. The summed E-state index contributed by atoms with van der Waals surface area (Å²) in [5, 5.41) is 0. The Morgan fingerprint density at radius 3 is 2.00 bits per heavy atom. The summed E-state index contributed by atoms with van der Waals surface area (Å²) >= 11 is 0. The van der Waals surface area contributed by atoms with Crippen LogP contribution < -0.4 is 0 Å². The Labute approximate surface area is 154 Å². The lowest BCUT2D eigenvalue weighted by atomic mass is 9.60. The Balaban J connectivity index is 1.17. The molecule has 25 heavy (non-hydrogen) atoms. The van der Waals surface area contributed by atoms with Gasteiger partial charge in [0.25, 0.3) is 0 Å². The highest BCUT2D eigenvalue weighted by Crippen LogP contribution is 2.51. The number of nitrogens with zero attached hydrogens (tertiary/aromatic N) is 2. The third-order valence-electron chi connectivity index (χ3n) is 8.35. The maximum Gasteiger partial charge on any atom is 0.219 e. The zero-order chi connectivity index (χ0) is 17.6. The Morgan fingerprint density at radius 2 is 1.48 bits per heavy atom. The second-order valence-corrected chi connectivity index (χ2v) is 10.2. The van der Waals surface area contributed by atoms with Crippen molar-refractivity contribution in [3.05, 3.63) is 0 Å². The average molecular weight is 347 g/mol. The number of hydrogen-bond acceptors (Lipinski definition) is 2. The van der Waals surface area contributed by atoms with E-state index in [1.807, 2.05) is 4.90 Å². The van der Waals surface area contributed by atoms with Crippen molar-refractivity contribution >= 4 is 5.91 Å². The van der Waals surface area contributed by atoms with Gasteiger partial charge in [0.2, 0.25) is 5.91 Å². The molecule has 0 radical (unpaired) electrons. The van der Waals surface area contributed by atoms with Gasteiger partial charge in [0, 0.05) is 31.5 Å². The molecule has 4 aliphatic rings. The van der Waals surface area contributed by atoms with Gasteiger partial charge in [0.15, 0.2) is 0 Å². The van der Waals surface area contributed by atoms with Crippen LogP contribution in [0.25, 0.3) is 0 Å². The van der Waals surface area contributed by atoms with Gasteiger partial charge in [-0.15, -0.1) is 0 Å². The van der Waals surface area contributed by atoms with Gasteiger partial charge in [-0.05, 0) is 88.1 Å². The highest BCUT2D eigenvalue weighted by atomic mass is 16.2. The first-order valence-corrected chi connectivity index (χ1v) is 11.0. The molecule has 1 spiro atoms. The molecule has 1 amide bonds. The van der Waals surface area contributed by atoms with E-state index in [2.05, 4.69) is 18.7 Å². The summed E-state index contributed by atoms with van der Waals surface area (Å²) in [7, 11) is 0. The standard InChI is InChI=1S/C22H38N2O/c1-16(2)18-4-6-19(7-5-18)20-8-10-23(11-9-20)21-12-22(13-21)14-24(15-22)17(3)25/h16,18-21H,4-15H2,1-3H3. The van der Waals surface area contributed by atoms with Crippen LogP contribution >= 0.6 is 0 Å². The molecule has 2 saturated heterocycles. The highest BCUT2D eigenvalue weighted by molar-refractivity contribution is 5.74. The first-order chi connectivity index (χ1) is 12.0. The van der Waals surface area contributed by atoms with Gasteiger partial charge in [0.05, 0.1) is 0 Å². The second-order valence-electron chi connectivity index (χ2n) is 10.2. The van der Waals surface area contributed by atoms with E-state index < -0.39 is 0 Å². The van der Waals surface area contributed by atoms with Gasteiger partial charge in [0.1, 0.15) is 0 Å². The number of likely N-dealkylation sites (tertiary alicyclic amines) is 2. The van der Waals surface area contributed by atoms with Gasteiger partial charge in [-0.25, -0.2) is 0 Å². The third-order valence-corrected chi connectivity index (χ3v) is 8.35. The van der Waals surface area contributed by atoms with E-state index in [1.165, 1.54) is 64.5 Å². The van der Waals surface area contributed by atoms with E-state index in [1.54, 1.807) is 6.92 Å². The van der Waals surface area contributed by atoms with Crippen LogP contribution in [0.15, 0.2) is 0 Å². The monoisotopic (exact) mass is 346 g/mol. The van der Waals surface area contributed by atoms with Crippen LogP contribution in [-0.2, 0) is 4.79 Å². The summed E-state index contributed by atoms with van der Waals surface area (Å²) in [6.45, 7) is 11.3. The Morgan fingerprint density at radius 1 is 0.920 bits per heavy atom. The van der Waals surface area contributed by atoms with Crippen LogP contribution in [0, 0.1) is 29.1 Å². The minimum Gasteiger partial charge on any atom is -0.342 e. The van der Waals surface area contributed by atoms with Gasteiger partial charge in [-0.3, -0.25) is 4.79 Å². The molecule has 142 valence electrons. The number of rotatable bonds is 3. The fourth-order valence-electron chi connectivity index (χ4n) is 6.48. The van der Waals surface area contributed by atoms with E-state index in [4.69, 9.17) is 0 Å². The minimum absolute atomic E-state index is 0.266. The van der Waals surface area contributed by atoms with Crippen LogP contribution in [-0.4, -0.2) is 47.9 Å². The molecule has 0 atom stereocenters. The Bertz CT molecular complexity index is 472. The molecule has 2 saturated carbocycles. The summed E-state index contributed by atoms with van der Waals surface area (Å²) in [5.74, 6) is 4.19. The lowest BCUT2D eigenvalue weighted by molar-refractivity contribution is -0.156.